The summed E-state index contributed by atoms with van der Waals surface area (Å²) < 4.78 is 70.8. The number of amidine groups is 2. The van der Waals surface area contributed by atoms with Gasteiger partial charge in [0, 0.05) is 35.9 Å². The molecule has 0 atom stereocenters. The molecule has 20 nitrogen and oxygen atoms in total. The molecule has 0 radical (unpaired) electrons. The number of hydrogen-bond acceptors (Lipinski definition) is 19. The number of fused-ring (bicyclic) bond motifs is 15. The number of aromatic nitrogens is 4. The first-order valence-corrected chi connectivity index (χ1v) is 48.1. The number of H-pyrrole nitrogens is 1. The van der Waals surface area contributed by atoms with Crippen molar-refractivity contribution in [1.29, 1.82) is 0 Å². The third-order valence-electron chi connectivity index (χ3n) is 22.3. The molecule has 4 aromatic carbocycles. The van der Waals surface area contributed by atoms with Gasteiger partial charge in [0.1, 0.15) is 59.7 Å². The zero-order valence-electron chi connectivity index (χ0n) is 75.1. The SMILES string of the molecule is CCN(C)CCSc1c(Cl)c(OCCC(C)C)c2c(c1OCCC(C)C)C1=Nc3c4c(OCCC(C)C)c(Cl)c(SCCN(CC)CC)c(OCCC(C)C)c4c4nc5c6c(OCCC(C)C)c(Cl)c(SCC[N+](C)(CC)CC)c(OCCC(C)C)c6c([n+]-5on34)N=c3[nH]c(c4c(OCCC(C)C)c(C)c(Cl)c(OCCC(C)C)c34)=NC2=N1. The van der Waals surface area contributed by atoms with E-state index in [1.54, 1.807) is 44.6 Å². The molecule has 118 heavy (non-hydrogen) atoms. The quantitative estimate of drug-likeness (QED) is 0.0216. The van der Waals surface area contributed by atoms with Crippen LogP contribution in [0.3, 0.4) is 0 Å². The van der Waals surface area contributed by atoms with Crippen LogP contribution < -0.4 is 53.6 Å². The number of ether oxygens (including phenoxy) is 8. The predicted molar refractivity (Wildman–Crippen MR) is 494 cm³/mol. The molecule has 0 saturated heterocycles. The second kappa shape index (κ2) is 43.2. The van der Waals surface area contributed by atoms with Crippen LogP contribution in [-0.4, -0.2) is 177 Å². The average molecular weight is 1770 g/mol. The molecule has 4 aliphatic heterocycles. The maximum Gasteiger partial charge on any atom is 0.287 e. The molecule has 10 rings (SSSR count). The summed E-state index contributed by atoms with van der Waals surface area (Å²) in [6, 6.07) is 0. The minimum atomic E-state index is 0.212. The van der Waals surface area contributed by atoms with Crippen molar-refractivity contribution in [2.24, 2.45) is 67.3 Å². The number of aliphatic imine (C=N–C) groups is 2. The predicted octanol–water partition coefficient (Wildman–Crippen LogP) is 23.2. The maximum atomic E-state index is 8.28. The highest BCUT2D eigenvalue weighted by Crippen LogP contribution is 2.58. The van der Waals surface area contributed by atoms with E-state index in [2.05, 4.69) is 174 Å². The highest BCUT2D eigenvalue weighted by molar-refractivity contribution is 8.00. The minimum Gasteiger partial charge on any atom is -0.492 e. The Bertz CT molecular complexity index is 4930. The third-order valence-corrected chi connectivity index (χ3v) is 27.4. The van der Waals surface area contributed by atoms with Crippen LogP contribution >= 0.6 is 81.7 Å². The summed E-state index contributed by atoms with van der Waals surface area (Å²) in [6.45, 7) is 57.6. The Balaban J connectivity index is 1.58. The highest BCUT2D eigenvalue weighted by atomic mass is 35.5. The molecule has 2 aromatic heterocycles. The van der Waals surface area contributed by atoms with Crippen molar-refractivity contribution in [3.05, 3.63) is 47.8 Å². The lowest BCUT2D eigenvalue weighted by Crippen LogP contribution is -2.45. The van der Waals surface area contributed by atoms with E-state index in [9.17, 15) is 0 Å². The molecule has 1 N–H and O–H groups in total. The average Bonchev–Trinajstić information content (AvgIpc) is 1.53. The number of hydrogen-bond donors (Lipinski definition) is 1. The molecule has 4 aliphatic rings. The normalized spacial score (nSPS) is 13.2. The van der Waals surface area contributed by atoms with Gasteiger partial charge in [-0.2, -0.15) is 9.62 Å². The molecular weight excluding hydrogens is 1630 g/mol. The summed E-state index contributed by atoms with van der Waals surface area (Å²) in [4.78, 5) is 40.5. The van der Waals surface area contributed by atoms with E-state index in [1.165, 1.54) is 0 Å². The number of thioether (sulfide) groups is 3. The highest BCUT2D eigenvalue weighted by Gasteiger charge is 2.44. The molecule has 0 fully saturated rings. The monoisotopic (exact) mass is 1760 g/mol. The fraction of sp³-hybridized carbons (Fsp3) is 0.648. The first-order valence-electron chi connectivity index (χ1n) is 43.6. The Hall–Kier alpha value is -5.47. The fourth-order valence-corrected chi connectivity index (χ4v) is 18.7. The molecule has 0 aliphatic carbocycles. The first-order chi connectivity index (χ1) is 56.3. The van der Waals surface area contributed by atoms with E-state index in [1.807, 2.05) is 6.92 Å². The standard InChI is InChI=1S/C91H134Cl4N11O9S3/c1-25-102(23)38-49-116-81-70(93)75(109-43-32-54(10)11)63-64(78(81)112-46-35-57(16)17)87-98-85(63)96-84-61-62(74(108-42-31-53(8)9)69(92)60(22)73(61)107-41-30-52(6)7)86(97-84)99-89-67-66(77(111-45-34-56(14)15)72(95)83(79(67)113-47-36-58(18)19)118-51-40-106(24,28-4)29-5)90-101-91-68-65(88(100-87)104(91)115-105(89)90)76(110-44-33-55(12)13)71(94)82(80(68)114-48-37-59(20)21)117-50-39-103(26-2)27-3/h52-59H,25-51H2,1-24H3/q+1/p+1. The number of halogens is 4. The molecule has 6 aromatic rings. The Kier molecular flexibility index (Phi) is 34.7. The smallest absolute Gasteiger partial charge is 0.287 e. The van der Waals surface area contributed by atoms with Crippen LogP contribution in [0.1, 0.15) is 213 Å². The van der Waals surface area contributed by atoms with Gasteiger partial charge in [-0.25, -0.2) is 9.98 Å². The van der Waals surface area contributed by atoms with Crippen molar-refractivity contribution in [2.75, 3.05) is 137 Å². The van der Waals surface area contributed by atoms with E-state index >= 15 is 0 Å². The van der Waals surface area contributed by atoms with Crippen molar-refractivity contribution < 1.29 is 51.7 Å². The van der Waals surface area contributed by atoms with Gasteiger partial charge in [-0.05, 0) is 155 Å². The number of nitrogens with zero attached hydrogens (tertiary/aromatic N) is 10. The topological polar surface area (TPSA) is 180 Å². The van der Waals surface area contributed by atoms with E-state index < -0.39 is 0 Å². The molecule has 0 unspecified atom stereocenters. The van der Waals surface area contributed by atoms with Crippen molar-refractivity contribution in [2.45, 2.75) is 218 Å². The van der Waals surface area contributed by atoms with Crippen LogP contribution in [0.2, 0.25) is 20.1 Å². The van der Waals surface area contributed by atoms with Gasteiger partial charge >= 0.3 is 0 Å². The Labute approximate surface area is 735 Å². The van der Waals surface area contributed by atoms with Gasteiger partial charge in [-0.3, -0.25) is 0 Å². The lowest BCUT2D eigenvalue weighted by atomic mass is 10.0. The summed E-state index contributed by atoms with van der Waals surface area (Å²) in [5, 5.41) is 4.60. The Morgan fingerprint density at radius 3 is 1.31 bits per heavy atom. The summed E-state index contributed by atoms with van der Waals surface area (Å²) in [5.41, 5.74) is 2.59. The van der Waals surface area contributed by atoms with E-state index in [0.717, 1.165) is 88.9 Å². The molecule has 6 heterocycles. The molecule has 652 valence electrons. The fourth-order valence-electron chi connectivity index (χ4n) is 13.8. The first kappa shape index (κ1) is 94.8. The lowest BCUT2D eigenvalue weighted by Gasteiger charge is -2.32. The zero-order chi connectivity index (χ0) is 85.7. The van der Waals surface area contributed by atoms with Gasteiger partial charge in [0.05, 0.1) is 127 Å². The number of nitrogens with one attached hydrogen (secondary N) is 1. The van der Waals surface area contributed by atoms with Crippen molar-refractivity contribution in [3.63, 3.8) is 0 Å². The van der Waals surface area contributed by atoms with Crippen LogP contribution in [0.5, 0.6) is 46.0 Å². The minimum absolute atomic E-state index is 0.212. The summed E-state index contributed by atoms with van der Waals surface area (Å²) >= 11 is 37.6. The third kappa shape index (κ3) is 22.0. The van der Waals surface area contributed by atoms with Crippen LogP contribution in [0.4, 0.5) is 11.6 Å². The van der Waals surface area contributed by atoms with Crippen LogP contribution in [0.25, 0.3) is 43.8 Å². The Morgan fingerprint density at radius 2 is 0.822 bits per heavy atom. The Morgan fingerprint density at radius 1 is 0.432 bits per heavy atom. The lowest BCUT2D eigenvalue weighted by molar-refractivity contribution is -0.903. The number of quaternary nitrogens is 1. The van der Waals surface area contributed by atoms with E-state index in [-0.39, 0.29) is 64.7 Å². The van der Waals surface area contributed by atoms with Gasteiger partial charge in [0.25, 0.3) is 17.3 Å². The number of benzene rings is 4. The second-order valence-electron chi connectivity index (χ2n) is 35.2. The van der Waals surface area contributed by atoms with E-state index in [0.29, 0.717) is 248 Å². The number of aromatic amines is 1. The van der Waals surface area contributed by atoms with Gasteiger partial charge in [0.2, 0.25) is 11.3 Å². The van der Waals surface area contributed by atoms with Gasteiger partial charge < -0.3 is 57.2 Å². The van der Waals surface area contributed by atoms with Gasteiger partial charge in [-0.15, -0.1) is 40.3 Å². The molecular formula is C91H135Cl4N11O9S3+2. The summed E-state index contributed by atoms with van der Waals surface area (Å²) in [6.07, 6.45) is 5.76. The van der Waals surface area contributed by atoms with Crippen molar-refractivity contribution in [1.82, 2.24) is 24.3 Å². The van der Waals surface area contributed by atoms with Gasteiger partial charge in [-0.1, -0.05) is 183 Å². The van der Waals surface area contributed by atoms with Crippen LogP contribution in [0, 0.1) is 54.3 Å². The van der Waals surface area contributed by atoms with Crippen molar-refractivity contribution in [3.8, 4) is 51.8 Å². The maximum absolute atomic E-state index is 8.28. The van der Waals surface area contributed by atoms with Crippen molar-refractivity contribution >= 4 is 143 Å². The van der Waals surface area contributed by atoms with E-state index in [4.69, 9.17) is 114 Å². The molecule has 6 bridgehead atoms. The second-order valence-corrected chi connectivity index (χ2v) is 40.0. The largest absolute Gasteiger partial charge is 0.492 e. The molecule has 27 heteroatoms. The van der Waals surface area contributed by atoms with Crippen LogP contribution in [-0.2, 0) is 0 Å². The zero-order valence-corrected chi connectivity index (χ0v) is 80.6. The molecule has 0 saturated carbocycles. The summed E-state index contributed by atoms with van der Waals surface area (Å²) in [5.74, 6) is 9.02. The molecule has 0 spiro atoms. The van der Waals surface area contributed by atoms with Gasteiger partial charge in [0.15, 0.2) is 34.7 Å². The summed E-state index contributed by atoms with van der Waals surface area (Å²) in [7, 11) is 4.43. The molecule has 0 amide bonds. The number of rotatable bonds is 49. The van der Waals surface area contributed by atoms with Crippen LogP contribution in [0.15, 0.2) is 39.3 Å².